The van der Waals surface area contributed by atoms with E-state index in [-0.39, 0.29) is 11.6 Å². The van der Waals surface area contributed by atoms with Gasteiger partial charge in [-0.15, -0.1) is 0 Å². The standard InChI is InChI=1S/C11H10N4O2/c12-11(13)14-9-5-6-10(15(16)17)8-4-2-1-3-7(8)9/h1-6H,(H4,12,13,14). The van der Waals surface area contributed by atoms with Crippen molar-refractivity contribution in [3.63, 3.8) is 0 Å². The second-order valence-corrected chi connectivity index (χ2v) is 3.44. The summed E-state index contributed by atoms with van der Waals surface area (Å²) in [6, 6.07) is 9.83. The minimum Gasteiger partial charge on any atom is -0.370 e. The maximum Gasteiger partial charge on any atom is 0.277 e. The Morgan fingerprint density at radius 2 is 1.76 bits per heavy atom. The summed E-state index contributed by atoms with van der Waals surface area (Å²) in [6.07, 6.45) is 0. The van der Waals surface area contributed by atoms with Crippen LogP contribution in [0.1, 0.15) is 0 Å². The number of fused-ring (bicyclic) bond motifs is 1. The van der Waals surface area contributed by atoms with Crippen molar-refractivity contribution < 1.29 is 4.92 Å². The molecule has 0 radical (unpaired) electrons. The highest BCUT2D eigenvalue weighted by Crippen LogP contribution is 2.32. The molecule has 6 nitrogen and oxygen atoms in total. The third kappa shape index (κ3) is 2.00. The molecule has 0 aliphatic rings. The van der Waals surface area contributed by atoms with Crippen LogP contribution in [0.3, 0.4) is 0 Å². The highest BCUT2D eigenvalue weighted by Gasteiger charge is 2.13. The van der Waals surface area contributed by atoms with Gasteiger partial charge in [0.15, 0.2) is 5.96 Å². The molecule has 0 bridgehead atoms. The van der Waals surface area contributed by atoms with Crippen molar-refractivity contribution in [3.05, 3.63) is 46.5 Å². The maximum absolute atomic E-state index is 10.9. The van der Waals surface area contributed by atoms with Crippen LogP contribution in [0.5, 0.6) is 0 Å². The summed E-state index contributed by atoms with van der Waals surface area (Å²) in [4.78, 5) is 14.4. The second kappa shape index (κ2) is 4.09. The summed E-state index contributed by atoms with van der Waals surface area (Å²) < 4.78 is 0. The third-order valence-corrected chi connectivity index (χ3v) is 2.32. The normalized spacial score (nSPS) is 10.1. The molecule has 0 spiro atoms. The van der Waals surface area contributed by atoms with Gasteiger partial charge in [-0.05, 0) is 12.1 Å². The molecular weight excluding hydrogens is 220 g/mol. The molecule has 2 rings (SSSR count). The zero-order chi connectivity index (χ0) is 12.4. The molecule has 0 atom stereocenters. The van der Waals surface area contributed by atoms with Crippen LogP contribution in [0, 0.1) is 10.1 Å². The molecule has 0 fully saturated rings. The molecule has 0 heterocycles. The third-order valence-electron chi connectivity index (χ3n) is 2.32. The Hall–Kier alpha value is -2.63. The first-order valence-electron chi connectivity index (χ1n) is 4.85. The van der Waals surface area contributed by atoms with Gasteiger partial charge >= 0.3 is 0 Å². The Bertz CT molecular complexity index is 618. The van der Waals surface area contributed by atoms with Gasteiger partial charge in [0.25, 0.3) is 5.69 Å². The van der Waals surface area contributed by atoms with E-state index in [2.05, 4.69) is 4.99 Å². The highest BCUT2D eigenvalue weighted by molar-refractivity contribution is 6.00. The lowest BCUT2D eigenvalue weighted by molar-refractivity contribution is -0.383. The van der Waals surface area contributed by atoms with Gasteiger partial charge in [0.1, 0.15) is 0 Å². The minimum atomic E-state index is -0.429. The van der Waals surface area contributed by atoms with Gasteiger partial charge in [-0.2, -0.15) is 0 Å². The number of guanidine groups is 1. The Morgan fingerprint density at radius 3 is 2.35 bits per heavy atom. The summed E-state index contributed by atoms with van der Waals surface area (Å²) in [7, 11) is 0. The summed E-state index contributed by atoms with van der Waals surface area (Å²) in [5.74, 6) is -0.0796. The fourth-order valence-corrected chi connectivity index (χ4v) is 1.66. The molecule has 17 heavy (non-hydrogen) atoms. The Labute approximate surface area is 96.7 Å². The van der Waals surface area contributed by atoms with Crippen molar-refractivity contribution in [3.8, 4) is 0 Å². The number of hydrogen-bond donors (Lipinski definition) is 2. The molecule has 0 aliphatic heterocycles. The first kappa shape index (κ1) is 10.9. The van der Waals surface area contributed by atoms with Crippen molar-refractivity contribution in [1.82, 2.24) is 0 Å². The van der Waals surface area contributed by atoms with Crippen LogP contribution < -0.4 is 11.5 Å². The van der Waals surface area contributed by atoms with Crippen molar-refractivity contribution in [2.75, 3.05) is 0 Å². The van der Waals surface area contributed by atoms with E-state index < -0.39 is 4.92 Å². The molecule has 0 unspecified atom stereocenters. The number of nitro benzene ring substituents is 1. The highest BCUT2D eigenvalue weighted by atomic mass is 16.6. The number of benzene rings is 2. The van der Waals surface area contributed by atoms with Gasteiger partial charge in [0.05, 0.1) is 16.0 Å². The molecule has 86 valence electrons. The van der Waals surface area contributed by atoms with Crippen LogP contribution in [-0.2, 0) is 0 Å². The smallest absolute Gasteiger partial charge is 0.277 e. The fraction of sp³-hybridized carbons (Fsp3) is 0. The van der Waals surface area contributed by atoms with Gasteiger partial charge in [-0.1, -0.05) is 18.2 Å². The molecule has 6 heteroatoms. The van der Waals surface area contributed by atoms with Gasteiger partial charge in [0, 0.05) is 11.5 Å². The zero-order valence-electron chi connectivity index (χ0n) is 8.83. The predicted molar refractivity (Wildman–Crippen MR) is 66.1 cm³/mol. The van der Waals surface area contributed by atoms with Crippen LogP contribution in [0.15, 0.2) is 41.4 Å². The van der Waals surface area contributed by atoms with E-state index in [1.165, 1.54) is 12.1 Å². The minimum absolute atomic E-state index is 0.0372. The number of non-ortho nitro benzene ring substituents is 1. The van der Waals surface area contributed by atoms with Gasteiger partial charge < -0.3 is 11.5 Å². The van der Waals surface area contributed by atoms with E-state index in [0.717, 1.165) is 0 Å². The average Bonchev–Trinajstić information content (AvgIpc) is 2.28. The SMILES string of the molecule is NC(N)=Nc1ccc([N+](=O)[O-])c2ccccc12. The molecule has 2 aromatic rings. The van der Waals surface area contributed by atoms with Crippen molar-refractivity contribution in [2.45, 2.75) is 0 Å². The average molecular weight is 230 g/mol. The molecule has 0 aromatic heterocycles. The predicted octanol–water partition coefficient (Wildman–Crippen LogP) is 1.65. The fourth-order valence-electron chi connectivity index (χ4n) is 1.66. The Morgan fingerprint density at radius 1 is 1.12 bits per heavy atom. The first-order chi connectivity index (χ1) is 8.09. The van der Waals surface area contributed by atoms with Crippen LogP contribution in [0.4, 0.5) is 11.4 Å². The van der Waals surface area contributed by atoms with E-state index in [0.29, 0.717) is 16.5 Å². The summed E-state index contributed by atoms with van der Waals surface area (Å²) in [5, 5.41) is 12.0. The number of aliphatic imine (C=N–C) groups is 1. The molecular formula is C11H10N4O2. The maximum atomic E-state index is 10.9. The molecule has 0 aliphatic carbocycles. The largest absolute Gasteiger partial charge is 0.370 e. The van der Waals surface area contributed by atoms with Crippen molar-refractivity contribution >= 4 is 28.1 Å². The lowest BCUT2D eigenvalue weighted by Crippen LogP contribution is -2.21. The van der Waals surface area contributed by atoms with Gasteiger partial charge in [0.2, 0.25) is 0 Å². The van der Waals surface area contributed by atoms with Gasteiger partial charge in [-0.3, -0.25) is 10.1 Å². The summed E-state index contributed by atoms with van der Waals surface area (Å²) >= 11 is 0. The lowest BCUT2D eigenvalue weighted by atomic mass is 10.1. The van der Waals surface area contributed by atoms with E-state index in [1.807, 2.05) is 0 Å². The van der Waals surface area contributed by atoms with E-state index in [9.17, 15) is 10.1 Å². The van der Waals surface area contributed by atoms with Crippen LogP contribution in [0.2, 0.25) is 0 Å². The van der Waals surface area contributed by atoms with Crippen LogP contribution in [0.25, 0.3) is 10.8 Å². The van der Waals surface area contributed by atoms with E-state index in [4.69, 9.17) is 11.5 Å². The van der Waals surface area contributed by atoms with E-state index >= 15 is 0 Å². The molecule has 2 aromatic carbocycles. The monoisotopic (exact) mass is 230 g/mol. The second-order valence-electron chi connectivity index (χ2n) is 3.44. The quantitative estimate of drug-likeness (QED) is 0.354. The number of hydrogen-bond acceptors (Lipinski definition) is 3. The van der Waals surface area contributed by atoms with Crippen molar-refractivity contribution in [2.24, 2.45) is 16.5 Å². The Kier molecular flexibility index (Phi) is 2.61. The lowest BCUT2D eigenvalue weighted by Gasteiger charge is -2.03. The van der Waals surface area contributed by atoms with Crippen molar-refractivity contribution in [1.29, 1.82) is 0 Å². The van der Waals surface area contributed by atoms with Crippen LogP contribution >= 0.6 is 0 Å². The summed E-state index contributed by atoms with van der Waals surface area (Å²) in [5.41, 5.74) is 11.2. The topological polar surface area (TPSA) is 108 Å². The number of rotatable bonds is 2. The molecule has 0 amide bonds. The van der Waals surface area contributed by atoms with E-state index in [1.54, 1.807) is 24.3 Å². The number of nitrogens with two attached hydrogens (primary N) is 2. The van der Waals surface area contributed by atoms with Gasteiger partial charge in [-0.25, -0.2) is 4.99 Å². The Balaban J connectivity index is 2.80. The molecule has 0 saturated heterocycles. The first-order valence-corrected chi connectivity index (χ1v) is 4.85. The molecule has 0 saturated carbocycles. The number of nitro groups is 1. The van der Waals surface area contributed by atoms with Crippen LogP contribution in [-0.4, -0.2) is 10.9 Å². The summed E-state index contributed by atoms with van der Waals surface area (Å²) in [6.45, 7) is 0. The molecule has 4 N–H and O–H groups in total. The zero-order valence-corrected chi connectivity index (χ0v) is 8.83. The number of nitrogens with zero attached hydrogens (tertiary/aromatic N) is 2.